The maximum atomic E-state index is 12.4. The molecule has 1 aliphatic heterocycles. The van der Waals surface area contributed by atoms with Crippen LogP contribution in [0.4, 0.5) is 10.8 Å². The van der Waals surface area contributed by atoms with Gasteiger partial charge in [0.25, 0.3) is 5.91 Å². The van der Waals surface area contributed by atoms with Crippen molar-refractivity contribution in [2.24, 2.45) is 0 Å². The van der Waals surface area contributed by atoms with Gasteiger partial charge in [0.1, 0.15) is 29.1 Å². The first kappa shape index (κ1) is 23.2. The zero-order valence-corrected chi connectivity index (χ0v) is 19.4. The number of amides is 1. The van der Waals surface area contributed by atoms with Gasteiger partial charge < -0.3 is 16.0 Å². The predicted octanol–water partition coefficient (Wildman–Crippen LogP) is 3.03. The van der Waals surface area contributed by atoms with E-state index in [-0.39, 0.29) is 11.9 Å². The fraction of sp³-hybridized carbons (Fsp3) is 0.217. The number of hydrogen-bond acceptors (Lipinski definition) is 9. The second-order valence-electron chi connectivity index (χ2n) is 7.74. The van der Waals surface area contributed by atoms with Gasteiger partial charge in [-0.1, -0.05) is 18.7 Å². The topological polar surface area (TPSA) is 132 Å². The van der Waals surface area contributed by atoms with Gasteiger partial charge in [-0.15, -0.1) is 0 Å². The van der Waals surface area contributed by atoms with Crippen LogP contribution < -0.4 is 11.1 Å². The van der Waals surface area contributed by atoms with E-state index in [2.05, 4.69) is 38.2 Å². The molecule has 0 radical (unpaired) electrons. The number of carbonyl (C=O) groups is 2. The Balaban J connectivity index is 0.000000636. The first-order valence-electron chi connectivity index (χ1n) is 10.6. The smallest absolute Gasteiger partial charge is 0.256 e. The Morgan fingerprint density at radius 3 is 2.65 bits per heavy atom. The maximum Gasteiger partial charge on any atom is 0.256 e. The summed E-state index contributed by atoms with van der Waals surface area (Å²) in [4.78, 5) is 32.4. The molecule has 0 bridgehead atoms. The molecule has 3 aromatic heterocycles. The fourth-order valence-electron chi connectivity index (χ4n) is 3.81. The van der Waals surface area contributed by atoms with Crippen LogP contribution in [0.25, 0.3) is 22.3 Å². The average molecular weight is 477 g/mol. The third kappa shape index (κ3) is 4.85. The van der Waals surface area contributed by atoms with Crippen LogP contribution in [0.3, 0.4) is 0 Å². The van der Waals surface area contributed by atoms with E-state index in [0.29, 0.717) is 22.7 Å². The molecule has 1 amide bonds. The van der Waals surface area contributed by atoms with Crippen LogP contribution in [0.15, 0.2) is 55.5 Å². The van der Waals surface area contributed by atoms with Crippen LogP contribution in [0.1, 0.15) is 22.8 Å². The standard InChI is InChI=1S/C20H20N8OS.C3H4O/c1-27-9-7-14(10-27)28-19-16(18(21)22-11-23-19)17(26-28)12-2-4-13(5-3-12)20(29)25-15-6-8-24-30-15;1-2-3-4/h2-6,8,11,14H,7,9-10H2,1H3,(H,25,29)(H2,21,22,23);2-3H,1H2. The number of likely N-dealkylation sites (tertiary alicyclic amines) is 1. The highest BCUT2D eigenvalue weighted by molar-refractivity contribution is 7.10. The van der Waals surface area contributed by atoms with E-state index in [0.717, 1.165) is 41.8 Å². The van der Waals surface area contributed by atoms with Gasteiger partial charge in [0.15, 0.2) is 5.65 Å². The molecule has 5 rings (SSSR count). The molecule has 1 fully saturated rings. The number of carbonyl (C=O) groups excluding carboxylic acids is 2. The van der Waals surface area contributed by atoms with E-state index >= 15 is 0 Å². The maximum absolute atomic E-state index is 12.4. The highest BCUT2D eigenvalue weighted by atomic mass is 32.1. The summed E-state index contributed by atoms with van der Waals surface area (Å²) in [5, 5.41) is 9.16. The molecule has 1 aromatic carbocycles. The monoisotopic (exact) mass is 476 g/mol. The second-order valence-corrected chi connectivity index (χ2v) is 8.57. The molecule has 0 spiro atoms. The number of aromatic nitrogens is 5. The van der Waals surface area contributed by atoms with Crippen molar-refractivity contribution in [2.75, 3.05) is 31.2 Å². The summed E-state index contributed by atoms with van der Waals surface area (Å²) in [6.07, 6.45) is 5.97. The molecule has 4 aromatic rings. The van der Waals surface area contributed by atoms with Crippen molar-refractivity contribution in [3.8, 4) is 11.3 Å². The van der Waals surface area contributed by atoms with Crippen LogP contribution in [-0.2, 0) is 4.79 Å². The van der Waals surface area contributed by atoms with E-state index < -0.39 is 0 Å². The van der Waals surface area contributed by atoms with Crippen molar-refractivity contribution in [2.45, 2.75) is 12.5 Å². The summed E-state index contributed by atoms with van der Waals surface area (Å²) in [5.41, 5.74) is 9.09. The molecule has 174 valence electrons. The molecule has 1 aliphatic rings. The summed E-state index contributed by atoms with van der Waals surface area (Å²) in [7, 11) is 2.10. The number of likely N-dealkylation sites (N-methyl/N-ethyl adjacent to an activating group) is 1. The van der Waals surface area contributed by atoms with Gasteiger partial charge in [-0.25, -0.2) is 14.6 Å². The zero-order valence-electron chi connectivity index (χ0n) is 18.6. The number of anilines is 2. The van der Waals surface area contributed by atoms with Crippen molar-refractivity contribution >= 4 is 45.6 Å². The highest BCUT2D eigenvalue weighted by Crippen LogP contribution is 2.33. The lowest BCUT2D eigenvalue weighted by Crippen LogP contribution is -2.17. The summed E-state index contributed by atoms with van der Waals surface area (Å²) >= 11 is 1.24. The largest absolute Gasteiger partial charge is 0.383 e. The molecule has 1 unspecified atom stereocenters. The molecule has 1 atom stereocenters. The van der Waals surface area contributed by atoms with Crippen molar-refractivity contribution in [1.82, 2.24) is 29.0 Å². The number of aldehydes is 1. The number of nitrogens with zero attached hydrogens (tertiary/aromatic N) is 6. The lowest BCUT2D eigenvalue weighted by atomic mass is 10.1. The Labute approximate surface area is 200 Å². The van der Waals surface area contributed by atoms with Crippen LogP contribution in [0, 0.1) is 0 Å². The summed E-state index contributed by atoms with van der Waals surface area (Å²) in [6.45, 7) is 5.04. The lowest BCUT2D eigenvalue weighted by molar-refractivity contribution is -0.104. The van der Waals surface area contributed by atoms with Gasteiger partial charge in [-0.05, 0) is 49.3 Å². The van der Waals surface area contributed by atoms with Gasteiger partial charge in [0, 0.05) is 30.4 Å². The Bertz CT molecular complexity index is 1290. The number of allylic oxidation sites excluding steroid dienone is 1. The molecule has 1 saturated heterocycles. The number of rotatable bonds is 5. The molecule has 0 saturated carbocycles. The predicted molar refractivity (Wildman–Crippen MR) is 133 cm³/mol. The van der Waals surface area contributed by atoms with Crippen LogP contribution >= 0.6 is 11.5 Å². The van der Waals surface area contributed by atoms with Gasteiger partial charge in [0.05, 0.1) is 11.4 Å². The molecule has 11 heteroatoms. The van der Waals surface area contributed by atoms with Crippen molar-refractivity contribution in [3.63, 3.8) is 0 Å². The minimum atomic E-state index is -0.182. The lowest BCUT2D eigenvalue weighted by Gasteiger charge is -2.11. The molecule has 0 aliphatic carbocycles. The number of nitrogens with two attached hydrogens (primary N) is 1. The molecular weight excluding hydrogens is 452 g/mol. The third-order valence-corrected chi connectivity index (χ3v) is 6.08. The van der Waals surface area contributed by atoms with Crippen LogP contribution in [0.5, 0.6) is 0 Å². The Morgan fingerprint density at radius 1 is 1.26 bits per heavy atom. The normalized spacial score (nSPS) is 15.5. The minimum Gasteiger partial charge on any atom is -0.383 e. The molecule has 10 nitrogen and oxygen atoms in total. The first-order chi connectivity index (χ1) is 16.5. The zero-order chi connectivity index (χ0) is 24.1. The summed E-state index contributed by atoms with van der Waals surface area (Å²) in [6, 6.07) is 9.31. The third-order valence-electron chi connectivity index (χ3n) is 5.42. The van der Waals surface area contributed by atoms with Crippen molar-refractivity contribution in [3.05, 3.63) is 61.1 Å². The average Bonchev–Trinajstić information content (AvgIpc) is 3.60. The van der Waals surface area contributed by atoms with Gasteiger partial charge >= 0.3 is 0 Å². The van der Waals surface area contributed by atoms with E-state index in [4.69, 9.17) is 15.6 Å². The number of benzene rings is 1. The van der Waals surface area contributed by atoms with Gasteiger partial charge in [-0.3, -0.25) is 9.59 Å². The first-order valence-corrected chi connectivity index (χ1v) is 11.3. The quantitative estimate of drug-likeness (QED) is 0.332. The van der Waals surface area contributed by atoms with Gasteiger partial charge in [-0.2, -0.15) is 9.47 Å². The SMILES string of the molecule is C=CC=O.CN1CCC(n2nc(-c3ccc(C(=O)Nc4ccns4)cc3)c3c(N)ncnc32)C1. The summed E-state index contributed by atoms with van der Waals surface area (Å²) < 4.78 is 5.96. The molecular formula is C23H24N8O2S. The number of nitrogens with one attached hydrogen (secondary N) is 1. The Morgan fingerprint density at radius 2 is 2.03 bits per heavy atom. The van der Waals surface area contributed by atoms with E-state index in [1.807, 2.05) is 16.8 Å². The van der Waals surface area contributed by atoms with Crippen LogP contribution in [-0.4, -0.2) is 61.4 Å². The number of hydrogen-bond donors (Lipinski definition) is 2. The van der Waals surface area contributed by atoms with Crippen LogP contribution in [0.2, 0.25) is 0 Å². The summed E-state index contributed by atoms with van der Waals surface area (Å²) in [5.74, 6) is 0.220. The van der Waals surface area contributed by atoms with Crippen molar-refractivity contribution < 1.29 is 9.59 Å². The van der Waals surface area contributed by atoms with E-state index in [9.17, 15) is 4.79 Å². The molecule has 3 N–H and O–H groups in total. The van der Waals surface area contributed by atoms with E-state index in [1.54, 1.807) is 24.4 Å². The number of fused-ring (bicyclic) bond motifs is 1. The van der Waals surface area contributed by atoms with Gasteiger partial charge in [0.2, 0.25) is 0 Å². The van der Waals surface area contributed by atoms with E-state index in [1.165, 1.54) is 23.9 Å². The minimum absolute atomic E-state index is 0.182. The second kappa shape index (κ2) is 10.3. The van der Waals surface area contributed by atoms with Crippen molar-refractivity contribution in [1.29, 1.82) is 0 Å². The molecule has 34 heavy (non-hydrogen) atoms. The highest BCUT2D eigenvalue weighted by Gasteiger charge is 2.26. The molecule has 4 heterocycles. The number of nitrogen functional groups attached to an aromatic ring is 1. The fourth-order valence-corrected chi connectivity index (χ4v) is 4.30. The Hall–Kier alpha value is -3.96. The Kier molecular flexibility index (Phi) is 7.04.